The molecule has 8 heteroatoms. The molecule has 0 saturated carbocycles. The molecule has 0 unspecified atom stereocenters. The van der Waals surface area contributed by atoms with Gasteiger partial charge in [-0.2, -0.15) is 4.39 Å². The molecule has 0 saturated heterocycles. The van der Waals surface area contributed by atoms with E-state index < -0.39 is 28.8 Å². The summed E-state index contributed by atoms with van der Waals surface area (Å²) in [6.07, 6.45) is 0. The SMILES string of the molecule is [N-]=[N+]=NCC(=O)c1ccc(F)c([N+](=O)[O-])c1. The zero-order valence-corrected chi connectivity index (χ0v) is 7.83. The third kappa shape index (κ3) is 2.52. The van der Waals surface area contributed by atoms with Crippen molar-refractivity contribution in [3.8, 4) is 0 Å². The van der Waals surface area contributed by atoms with E-state index in [1.165, 1.54) is 0 Å². The van der Waals surface area contributed by atoms with Gasteiger partial charge in [-0.1, -0.05) is 5.11 Å². The van der Waals surface area contributed by atoms with E-state index in [0.717, 1.165) is 18.2 Å². The number of nitro benzene ring substituents is 1. The molecule has 0 aliphatic heterocycles. The molecule has 0 N–H and O–H groups in total. The standard InChI is InChI=1S/C8H5FN4O3/c9-6-2-1-5(3-7(6)13(15)16)8(14)4-11-12-10/h1-3H,4H2. The first-order valence-electron chi connectivity index (χ1n) is 4.04. The summed E-state index contributed by atoms with van der Waals surface area (Å²) in [4.78, 5) is 23.1. The number of ketones is 1. The molecule has 1 aromatic rings. The molecule has 1 aromatic carbocycles. The normalized spacial score (nSPS) is 9.31. The first kappa shape index (κ1) is 11.6. The molecule has 0 fully saturated rings. The van der Waals surface area contributed by atoms with E-state index in [2.05, 4.69) is 10.0 Å². The number of hydrogen-bond donors (Lipinski definition) is 0. The number of benzene rings is 1. The van der Waals surface area contributed by atoms with Crippen molar-refractivity contribution in [3.63, 3.8) is 0 Å². The van der Waals surface area contributed by atoms with E-state index in [1.807, 2.05) is 0 Å². The molecule has 0 aromatic heterocycles. The second kappa shape index (κ2) is 4.85. The van der Waals surface area contributed by atoms with Crippen LogP contribution in [0.3, 0.4) is 0 Å². The molecule has 0 heterocycles. The van der Waals surface area contributed by atoms with Gasteiger partial charge in [0, 0.05) is 16.5 Å². The number of nitro groups is 1. The van der Waals surface area contributed by atoms with Crippen LogP contribution in [0.25, 0.3) is 10.4 Å². The maximum absolute atomic E-state index is 12.9. The fourth-order valence-corrected chi connectivity index (χ4v) is 1.01. The van der Waals surface area contributed by atoms with Crippen molar-refractivity contribution in [2.45, 2.75) is 0 Å². The van der Waals surface area contributed by atoms with Gasteiger partial charge in [-0.25, -0.2) is 0 Å². The number of azide groups is 1. The second-order valence-corrected chi connectivity index (χ2v) is 2.74. The summed E-state index contributed by atoms with van der Waals surface area (Å²) in [6, 6.07) is 2.73. The van der Waals surface area contributed by atoms with Crippen molar-refractivity contribution in [2.24, 2.45) is 5.11 Å². The summed E-state index contributed by atoms with van der Waals surface area (Å²) < 4.78 is 12.9. The Kier molecular flexibility index (Phi) is 3.52. The lowest BCUT2D eigenvalue weighted by Crippen LogP contribution is -2.04. The van der Waals surface area contributed by atoms with E-state index in [0.29, 0.717) is 0 Å². The average molecular weight is 224 g/mol. The molecule has 16 heavy (non-hydrogen) atoms. The molecule has 0 spiro atoms. The Hall–Kier alpha value is -2.47. The summed E-state index contributed by atoms with van der Waals surface area (Å²) in [5.74, 6) is -1.63. The Bertz CT molecular complexity index is 496. The fraction of sp³-hybridized carbons (Fsp3) is 0.125. The van der Waals surface area contributed by atoms with E-state index in [-0.39, 0.29) is 5.56 Å². The van der Waals surface area contributed by atoms with Crippen molar-refractivity contribution in [1.82, 2.24) is 0 Å². The minimum Gasteiger partial charge on any atom is -0.294 e. The molecule has 0 aliphatic carbocycles. The number of hydrogen-bond acceptors (Lipinski definition) is 4. The molecule has 1 rings (SSSR count). The third-order valence-electron chi connectivity index (χ3n) is 1.74. The molecule has 0 radical (unpaired) electrons. The Morgan fingerprint density at radius 3 is 2.88 bits per heavy atom. The second-order valence-electron chi connectivity index (χ2n) is 2.74. The maximum Gasteiger partial charge on any atom is 0.305 e. The van der Waals surface area contributed by atoms with Crippen LogP contribution in [0.15, 0.2) is 23.3 Å². The molecule has 0 atom stereocenters. The summed E-state index contributed by atoms with van der Waals surface area (Å²) in [5.41, 5.74) is 7.13. The molecular weight excluding hydrogens is 219 g/mol. The molecule has 82 valence electrons. The van der Waals surface area contributed by atoms with Gasteiger partial charge in [0.25, 0.3) is 0 Å². The van der Waals surface area contributed by atoms with E-state index in [9.17, 15) is 19.3 Å². The summed E-state index contributed by atoms with van der Waals surface area (Å²) in [7, 11) is 0. The van der Waals surface area contributed by atoms with Gasteiger partial charge in [0.05, 0.1) is 11.5 Å². The van der Waals surface area contributed by atoms with Gasteiger partial charge in [-0.05, 0) is 17.7 Å². The zero-order chi connectivity index (χ0) is 12.1. The first-order valence-corrected chi connectivity index (χ1v) is 4.04. The summed E-state index contributed by atoms with van der Waals surface area (Å²) in [5, 5.41) is 13.4. The van der Waals surface area contributed by atoms with Crippen molar-refractivity contribution in [2.75, 3.05) is 6.54 Å². The Labute approximate surface area is 88.3 Å². The largest absolute Gasteiger partial charge is 0.305 e. The van der Waals surface area contributed by atoms with Crippen molar-refractivity contribution in [1.29, 1.82) is 0 Å². The van der Waals surface area contributed by atoms with Crippen LogP contribution < -0.4 is 0 Å². The van der Waals surface area contributed by atoms with Crippen LogP contribution in [0.2, 0.25) is 0 Å². The molecule has 0 aliphatic rings. The predicted molar refractivity (Wildman–Crippen MR) is 51.4 cm³/mol. The minimum atomic E-state index is -1.02. The van der Waals surface area contributed by atoms with Crippen molar-refractivity contribution < 1.29 is 14.1 Å². The highest BCUT2D eigenvalue weighted by Gasteiger charge is 2.16. The molecule has 0 bridgehead atoms. The number of carbonyl (C=O) groups is 1. The van der Waals surface area contributed by atoms with Crippen LogP contribution >= 0.6 is 0 Å². The quantitative estimate of drug-likeness (QED) is 0.195. The highest BCUT2D eigenvalue weighted by Crippen LogP contribution is 2.18. The van der Waals surface area contributed by atoms with Crippen LogP contribution in [0.5, 0.6) is 0 Å². The number of carbonyl (C=O) groups excluding carboxylic acids is 1. The monoisotopic (exact) mass is 224 g/mol. The van der Waals surface area contributed by atoms with Gasteiger partial charge in [0.2, 0.25) is 5.82 Å². The van der Waals surface area contributed by atoms with Crippen LogP contribution in [-0.4, -0.2) is 17.3 Å². The van der Waals surface area contributed by atoms with Crippen LogP contribution in [0.4, 0.5) is 10.1 Å². The van der Waals surface area contributed by atoms with Crippen molar-refractivity contribution >= 4 is 11.5 Å². The van der Waals surface area contributed by atoms with E-state index in [1.54, 1.807) is 0 Å². The number of rotatable bonds is 4. The van der Waals surface area contributed by atoms with Gasteiger partial charge in [-0.15, -0.1) is 0 Å². The van der Waals surface area contributed by atoms with Gasteiger partial charge in [0.15, 0.2) is 5.78 Å². The van der Waals surface area contributed by atoms with Gasteiger partial charge < -0.3 is 0 Å². The Morgan fingerprint density at radius 1 is 1.62 bits per heavy atom. The lowest BCUT2D eigenvalue weighted by atomic mass is 10.1. The van der Waals surface area contributed by atoms with Crippen molar-refractivity contribution in [3.05, 3.63) is 50.1 Å². The number of Topliss-reactive ketones (excluding diaryl/α,β-unsaturated/α-hetero) is 1. The average Bonchev–Trinajstić information content (AvgIpc) is 2.26. The van der Waals surface area contributed by atoms with Crippen LogP contribution in [-0.2, 0) is 0 Å². The zero-order valence-electron chi connectivity index (χ0n) is 7.83. The van der Waals surface area contributed by atoms with Gasteiger partial charge in [-0.3, -0.25) is 14.9 Å². The Morgan fingerprint density at radius 2 is 2.31 bits per heavy atom. The maximum atomic E-state index is 12.9. The summed E-state index contributed by atoms with van der Waals surface area (Å²) >= 11 is 0. The van der Waals surface area contributed by atoms with Crippen LogP contribution in [0, 0.1) is 15.9 Å². The fourth-order valence-electron chi connectivity index (χ4n) is 1.01. The highest BCUT2D eigenvalue weighted by atomic mass is 19.1. The van der Waals surface area contributed by atoms with Gasteiger partial charge in [0.1, 0.15) is 0 Å². The van der Waals surface area contributed by atoms with Gasteiger partial charge >= 0.3 is 5.69 Å². The molecule has 0 amide bonds. The van der Waals surface area contributed by atoms with Crippen LogP contribution in [0.1, 0.15) is 10.4 Å². The number of halogens is 1. The Balaban J connectivity index is 3.07. The minimum absolute atomic E-state index is 0.0690. The topological polar surface area (TPSA) is 109 Å². The van der Waals surface area contributed by atoms with E-state index >= 15 is 0 Å². The van der Waals surface area contributed by atoms with E-state index in [4.69, 9.17) is 5.53 Å². The summed E-state index contributed by atoms with van der Waals surface area (Å²) in [6.45, 7) is -0.459. The predicted octanol–water partition coefficient (Wildman–Crippen LogP) is 2.23. The molecular formula is C8H5FN4O3. The number of nitrogens with zero attached hydrogens (tertiary/aromatic N) is 4. The molecule has 7 nitrogen and oxygen atoms in total. The smallest absolute Gasteiger partial charge is 0.294 e. The lowest BCUT2D eigenvalue weighted by Gasteiger charge is -1.98. The highest BCUT2D eigenvalue weighted by molar-refractivity contribution is 5.98. The third-order valence-corrected chi connectivity index (χ3v) is 1.74. The lowest BCUT2D eigenvalue weighted by molar-refractivity contribution is -0.387. The first-order chi connectivity index (χ1) is 7.56.